The average Bonchev–Trinajstić information content (AvgIpc) is 2.78. The highest BCUT2D eigenvalue weighted by atomic mass is 79.9. The van der Waals surface area contributed by atoms with Gasteiger partial charge in [-0.05, 0) is 43.5 Å². The largest absolute Gasteiger partial charge is 0.494 e. The van der Waals surface area contributed by atoms with Crippen molar-refractivity contribution in [3.63, 3.8) is 0 Å². The van der Waals surface area contributed by atoms with Crippen LogP contribution in [-0.2, 0) is 0 Å². The molecule has 0 fully saturated rings. The predicted octanol–water partition coefficient (Wildman–Crippen LogP) is 4.49. The van der Waals surface area contributed by atoms with Crippen LogP contribution < -0.4 is 0 Å². The minimum atomic E-state index is 0.184. The molecule has 0 saturated heterocycles. The van der Waals surface area contributed by atoms with Crippen molar-refractivity contribution in [1.29, 1.82) is 0 Å². The Hall–Kier alpha value is -1.68. The van der Waals surface area contributed by atoms with Gasteiger partial charge in [-0.1, -0.05) is 28.1 Å². The van der Waals surface area contributed by atoms with Crippen molar-refractivity contribution in [2.75, 3.05) is 0 Å². The Morgan fingerprint density at radius 2 is 1.62 bits per heavy atom. The van der Waals surface area contributed by atoms with Crippen LogP contribution >= 0.6 is 15.9 Å². The Morgan fingerprint density at radius 3 is 2.10 bits per heavy atom. The fourth-order valence-electron chi connectivity index (χ4n) is 3.63. The van der Waals surface area contributed by atoms with Gasteiger partial charge in [-0.25, -0.2) is 0 Å². The maximum atomic E-state index is 10.6. The van der Waals surface area contributed by atoms with Gasteiger partial charge in [-0.15, -0.1) is 0 Å². The number of allylic oxidation sites excluding steroid dienone is 2. The van der Waals surface area contributed by atoms with Gasteiger partial charge in [0.15, 0.2) is 0 Å². The first kappa shape index (κ1) is 13.0. The molecular formula is C17H16BrNO2. The maximum absolute atomic E-state index is 10.6. The number of hydrogen-bond acceptors (Lipinski definition) is 2. The van der Waals surface area contributed by atoms with Crippen LogP contribution in [0.4, 0.5) is 0 Å². The Bertz CT molecular complexity index is 738. The van der Waals surface area contributed by atoms with Crippen molar-refractivity contribution in [3.05, 3.63) is 51.5 Å². The highest BCUT2D eigenvalue weighted by Gasteiger charge is 2.37. The number of halogens is 1. The number of aryl methyl sites for hydroxylation is 1. The Labute approximate surface area is 131 Å². The first-order chi connectivity index (χ1) is 10.1. The summed E-state index contributed by atoms with van der Waals surface area (Å²) >= 11 is 3.48. The fourth-order valence-corrected chi connectivity index (χ4v) is 3.87. The maximum Gasteiger partial charge on any atom is 0.202 e. The van der Waals surface area contributed by atoms with Crippen LogP contribution in [0.1, 0.15) is 41.4 Å². The lowest BCUT2D eigenvalue weighted by molar-refractivity contribution is 0.399. The van der Waals surface area contributed by atoms with Gasteiger partial charge >= 0.3 is 0 Å². The summed E-state index contributed by atoms with van der Waals surface area (Å²) in [6.45, 7) is 2.00. The van der Waals surface area contributed by atoms with Crippen molar-refractivity contribution in [3.8, 4) is 17.4 Å². The zero-order valence-electron chi connectivity index (χ0n) is 11.7. The normalized spacial score (nSPS) is 22.6. The quantitative estimate of drug-likeness (QED) is 0.748. The SMILES string of the molecule is Cc1cc(-n2c(O)c3c(c2O)[C@H]2C=C[C@@H]3CC2)ccc1Br. The zero-order valence-corrected chi connectivity index (χ0v) is 13.3. The highest BCUT2D eigenvalue weighted by Crippen LogP contribution is 2.54. The van der Waals surface area contributed by atoms with Crippen LogP contribution in [0, 0.1) is 6.92 Å². The summed E-state index contributed by atoms with van der Waals surface area (Å²) in [4.78, 5) is 0. The van der Waals surface area contributed by atoms with E-state index in [2.05, 4.69) is 28.1 Å². The smallest absolute Gasteiger partial charge is 0.202 e. The number of rotatable bonds is 1. The molecule has 0 spiro atoms. The molecule has 1 aromatic heterocycles. The third-order valence-electron chi connectivity index (χ3n) is 4.70. The van der Waals surface area contributed by atoms with E-state index in [0.717, 1.165) is 39.7 Å². The van der Waals surface area contributed by atoms with Gasteiger partial charge in [-0.3, -0.25) is 4.57 Å². The van der Waals surface area contributed by atoms with E-state index in [1.807, 2.05) is 25.1 Å². The lowest BCUT2D eigenvalue weighted by Crippen LogP contribution is -2.15. The Kier molecular flexibility index (Phi) is 2.73. The van der Waals surface area contributed by atoms with Crippen LogP contribution in [0.2, 0.25) is 0 Å². The second-order valence-electron chi connectivity index (χ2n) is 5.92. The molecule has 21 heavy (non-hydrogen) atoms. The number of benzene rings is 1. The number of aromatic nitrogens is 1. The van der Waals surface area contributed by atoms with Crippen molar-refractivity contribution in [2.45, 2.75) is 31.6 Å². The van der Waals surface area contributed by atoms with Gasteiger partial charge in [0.2, 0.25) is 11.8 Å². The van der Waals surface area contributed by atoms with E-state index in [0.29, 0.717) is 0 Å². The molecule has 1 aromatic carbocycles. The molecular weight excluding hydrogens is 330 g/mol. The molecule has 0 saturated carbocycles. The van der Waals surface area contributed by atoms with Gasteiger partial charge in [-0.2, -0.15) is 0 Å². The molecule has 1 heterocycles. The lowest BCUT2D eigenvalue weighted by Gasteiger charge is -2.30. The standard InChI is InChI=1S/C17H16BrNO2/c1-9-8-12(6-7-13(9)18)19-16(20)14-10-2-3-11(5-4-10)15(14)17(19)21/h2-3,6-8,10-11,20-21H,4-5H2,1H3/t10-,11+. The van der Waals surface area contributed by atoms with E-state index in [4.69, 9.17) is 0 Å². The molecule has 0 amide bonds. The summed E-state index contributed by atoms with van der Waals surface area (Å²) in [7, 11) is 0. The third kappa shape index (κ3) is 1.72. The Balaban J connectivity index is 1.96. The average molecular weight is 346 g/mol. The minimum Gasteiger partial charge on any atom is -0.494 e. The molecule has 0 radical (unpaired) electrons. The van der Waals surface area contributed by atoms with Gasteiger partial charge < -0.3 is 10.2 Å². The number of aromatic hydroxyl groups is 2. The van der Waals surface area contributed by atoms with E-state index in [9.17, 15) is 10.2 Å². The van der Waals surface area contributed by atoms with Gasteiger partial charge in [0.25, 0.3) is 0 Å². The van der Waals surface area contributed by atoms with Crippen LogP contribution in [0.3, 0.4) is 0 Å². The highest BCUT2D eigenvalue weighted by molar-refractivity contribution is 9.10. The van der Waals surface area contributed by atoms with Crippen molar-refractivity contribution in [2.24, 2.45) is 0 Å². The second kappa shape index (κ2) is 4.41. The van der Waals surface area contributed by atoms with Crippen molar-refractivity contribution in [1.82, 2.24) is 4.57 Å². The summed E-state index contributed by atoms with van der Waals surface area (Å²) < 4.78 is 2.59. The van der Waals surface area contributed by atoms with Gasteiger partial charge in [0.1, 0.15) is 0 Å². The Morgan fingerprint density at radius 1 is 1.05 bits per heavy atom. The molecule has 3 nitrogen and oxygen atoms in total. The summed E-state index contributed by atoms with van der Waals surface area (Å²) in [5, 5.41) is 21.3. The van der Waals surface area contributed by atoms with E-state index < -0.39 is 0 Å². The first-order valence-corrected chi connectivity index (χ1v) is 7.98. The summed E-state index contributed by atoms with van der Waals surface area (Å²) in [5.74, 6) is 0.828. The summed E-state index contributed by atoms with van der Waals surface area (Å²) in [6, 6.07) is 5.80. The van der Waals surface area contributed by atoms with Crippen molar-refractivity contribution >= 4 is 15.9 Å². The molecule has 2 atom stereocenters. The van der Waals surface area contributed by atoms with E-state index in [-0.39, 0.29) is 23.6 Å². The van der Waals surface area contributed by atoms with Gasteiger partial charge in [0, 0.05) is 27.4 Å². The van der Waals surface area contributed by atoms with E-state index >= 15 is 0 Å². The second-order valence-corrected chi connectivity index (χ2v) is 6.77. The topological polar surface area (TPSA) is 45.4 Å². The molecule has 2 aromatic rings. The molecule has 2 bridgehead atoms. The summed E-state index contributed by atoms with van der Waals surface area (Å²) in [6.07, 6.45) is 6.41. The molecule has 5 rings (SSSR count). The minimum absolute atomic E-state index is 0.184. The summed E-state index contributed by atoms with van der Waals surface area (Å²) in [5.41, 5.74) is 3.68. The monoisotopic (exact) mass is 345 g/mol. The van der Waals surface area contributed by atoms with E-state index in [1.54, 1.807) is 4.57 Å². The first-order valence-electron chi connectivity index (χ1n) is 7.19. The van der Waals surface area contributed by atoms with Gasteiger partial charge in [0.05, 0.1) is 5.69 Å². The van der Waals surface area contributed by atoms with E-state index in [1.165, 1.54) is 0 Å². The number of hydrogen-bond donors (Lipinski definition) is 2. The predicted molar refractivity (Wildman–Crippen MR) is 85.4 cm³/mol. The number of fused-ring (bicyclic) bond motifs is 1. The molecule has 4 heteroatoms. The van der Waals surface area contributed by atoms with Crippen molar-refractivity contribution < 1.29 is 10.2 Å². The lowest BCUT2D eigenvalue weighted by atomic mass is 9.73. The van der Waals surface area contributed by atoms with Crippen LogP contribution in [0.25, 0.3) is 5.69 Å². The third-order valence-corrected chi connectivity index (χ3v) is 5.59. The number of nitrogens with zero attached hydrogens (tertiary/aromatic N) is 1. The molecule has 3 aliphatic carbocycles. The van der Waals surface area contributed by atoms with Crippen LogP contribution in [-0.4, -0.2) is 14.8 Å². The molecule has 3 aliphatic rings. The fraction of sp³-hybridized carbons (Fsp3) is 0.294. The van der Waals surface area contributed by atoms with Crippen LogP contribution in [0.15, 0.2) is 34.8 Å². The molecule has 0 aliphatic heterocycles. The molecule has 0 unspecified atom stereocenters. The molecule has 2 N–H and O–H groups in total. The van der Waals surface area contributed by atoms with Crippen LogP contribution in [0.5, 0.6) is 11.8 Å². The molecule has 108 valence electrons. The zero-order chi connectivity index (χ0) is 14.7.